The summed E-state index contributed by atoms with van der Waals surface area (Å²) in [6.45, 7) is 4.49. The molecule has 0 saturated carbocycles. The van der Waals surface area contributed by atoms with E-state index >= 15 is 0 Å². The number of carbonyl (C=O) groups excluding carboxylic acids is 2. The number of ether oxygens (including phenoxy) is 3. The van der Waals surface area contributed by atoms with E-state index in [-0.39, 0.29) is 42.7 Å². The van der Waals surface area contributed by atoms with Gasteiger partial charge in [0.1, 0.15) is 6.61 Å². The van der Waals surface area contributed by atoms with E-state index in [2.05, 4.69) is 86.8 Å². The first-order valence-corrected chi connectivity index (χ1v) is 20.5. The first kappa shape index (κ1) is 49.8. The van der Waals surface area contributed by atoms with Gasteiger partial charge >= 0.3 is 17.9 Å². The van der Waals surface area contributed by atoms with E-state index < -0.39 is 18.1 Å². The smallest absolute Gasteiger partial charge is 0.362 e. The summed E-state index contributed by atoms with van der Waals surface area (Å²) in [5, 5.41) is 9.59. The number of carboxylic acids is 1. The molecule has 0 aliphatic rings. The van der Waals surface area contributed by atoms with Gasteiger partial charge in [-0.15, -0.1) is 0 Å². The summed E-state index contributed by atoms with van der Waals surface area (Å²) in [7, 11) is 5.48. The summed E-state index contributed by atoms with van der Waals surface area (Å²) in [5.74, 6) is -1.58. The molecule has 0 aliphatic carbocycles. The molecular formula is C45H76NO7+. The number of hydrogen-bond donors (Lipinski definition) is 1. The number of esters is 2. The van der Waals surface area contributed by atoms with Crippen LogP contribution in [-0.2, 0) is 28.6 Å². The minimum Gasteiger partial charge on any atom is -0.477 e. The molecular weight excluding hydrogens is 666 g/mol. The molecule has 0 bridgehead atoms. The Hall–Kier alpha value is -3.23. The van der Waals surface area contributed by atoms with Gasteiger partial charge in [-0.2, -0.15) is 0 Å². The monoisotopic (exact) mass is 743 g/mol. The molecule has 0 spiro atoms. The summed E-state index contributed by atoms with van der Waals surface area (Å²) in [6.07, 6.45) is 43.9. The van der Waals surface area contributed by atoms with Crippen LogP contribution in [0.15, 0.2) is 72.9 Å². The van der Waals surface area contributed by atoms with Gasteiger partial charge in [0.15, 0.2) is 12.1 Å². The SMILES string of the molecule is CC/C=C/C/C=C/C/C=C/CCCC(=O)OC(COCCC(C(=O)O)[N+](C)(C)C)COC(=O)CCCCCCC/C=C/C=C/C=C/CCCCCCC. The molecule has 53 heavy (non-hydrogen) atoms. The van der Waals surface area contributed by atoms with Crippen molar-refractivity contribution in [3.63, 3.8) is 0 Å². The van der Waals surface area contributed by atoms with E-state index in [4.69, 9.17) is 14.2 Å². The number of rotatable bonds is 35. The van der Waals surface area contributed by atoms with E-state index in [0.29, 0.717) is 19.3 Å². The highest BCUT2D eigenvalue weighted by Gasteiger charge is 2.31. The van der Waals surface area contributed by atoms with Gasteiger partial charge in [0.2, 0.25) is 0 Å². The van der Waals surface area contributed by atoms with Crippen molar-refractivity contribution in [2.75, 3.05) is 41.0 Å². The maximum absolute atomic E-state index is 12.6. The van der Waals surface area contributed by atoms with Crippen LogP contribution in [0.4, 0.5) is 0 Å². The maximum Gasteiger partial charge on any atom is 0.362 e. The molecule has 0 aromatic carbocycles. The number of carboxylic acid groups (broad SMARTS) is 1. The second-order valence-electron chi connectivity index (χ2n) is 14.6. The van der Waals surface area contributed by atoms with Crippen LogP contribution in [0.25, 0.3) is 0 Å². The number of quaternary nitrogens is 1. The van der Waals surface area contributed by atoms with Crippen molar-refractivity contribution in [2.45, 2.75) is 154 Å². The Kier molecular flexibility index (Phi) is 33.6. The zero-order valence-electron chi connectivity index (χ0n) is 34.2. The van der Waals surface area contributed by atoms with Crippen LogP contribution in [0.5, 0.6) is 0 Å². The van der Waals surface area contributed by atoms with Gasteiger partial charge in [0, 0.05) is 19.3 Å². The van der Waals surface area contributed by atoms with Crippen molar-refractivity contribution >= 4 is 17.9 Å². The molecule has 0 fully saturated rings. The van der Waals surface area contributed by atoms with Crippen LogP contribution in [0.3, 0.4) is 0 Å². The van der Waals surface area contributed by atoms with Crippen molar-refractivity contribution in [1.82, 2.24) is 0 Å². The molecule has 0 radical (unpaired) electrons. The minimum absolute atomic E-state index is 0.0301. The molecule has 1 N–H and O–H groups in total. The lowest BCUT2D eigenvalue weighted by atomic mass is 10.1. The second kappa shape index (κ2) is 35.8. The van der Waals surface area contributed by atoms with Gasteiger partial charge in [-0.25, -0.2) is 4.79 Å². The summed E-state index contributed by atoms with van der Waals surface area (Å²) >= 11 is 0. The third-order valence-electron chi connectivity index (χ3n) is 8.65. The highest BCUT2D eigenvalue weighted by atomic mass is 16.6. The van der Waals surface area contributed by atoms with E-state index in [1.807, 2.05) is 21.1 Å². The Morgan fingerprint density at radius 1 is 0.604 bits per heavy atom. The van der Waals surface area contributed by atoms with Crippen molar-refractivity contribution in [3.05, 3.63) is 72.9 Å². The number of aliphatic carboxylic acids is 1. The quantitative estimate of drug-likeness (QED) is 0.0227. The van der Waals surface area contributed by atoms with Crippen molar-refractivity contribution in [1.29, 1.82) is 0 Å². The topological polar surface area (TPSA) is 99.1 Å². The largest absolute Gasteiger partial charge is 0.477 e. The molecule has 0 rings (SSSR count). The number of nitrogens with zero attached hydrogens (tertiary/aromatic N) is 1. The molecule has 302 valence electrons. The van der Waals surface area contributed by atoms with Crippen LogP contribution in [0.1, 0.15) is 142 Å². The second-order valence-corrected chi connectivity index (χ2v) is 14.6. The number of carbonyl (C=O) groups is 3. The zero-order valence-corrected chi connectivity index (χ0v) is 34.2. The summed E-state index contributed by atoms with van der Waals surface area (Å²) in [6, 6.07) is -0.629. The molecule has 0 aromatic rings. The molecule has 0 aromatic heterocycles. The van der Waals surface area contributed by atoms with Gasteiger partial charge < -0.3 is 23.8 Å². The summed E-state index contributed by atoms with van der Waals surface area (Å²) < 4.78 is 17.1. The molecule has 0 saturated heterocycles. The standard InChI is InChI=1S/C45H75NO7/c1-6-8-10-12-14-16-18-19-20-21-22-23-24-26-27-29-31-33-35-43(47)52-40-41(39-51-38-37-42(45(49)50)46(3,4)5)53-44(48)36-34-32-30-28-25-17-15-13-11-9-7-2/h9,11,15,17-23,28,30,41-42H,6-8,10,12-14,16,24-27,29,31-40H2,1-5H3/p+1/b11-9+,17-15+,19-18+,21-20+,23-22+,30-28+. The fraction of sp³-hybridized carbons (Fsp3) is 0.667. The van der Waals surface area contributed by atoms with Crippen LogP contribution in [-0.4, -0.2) is 80.6 Å². The van der Waals surface area contributed by atoms with Crippen LogP contribution in [0.2, 0.25) is 0 Å². The lowest BCUT2D eigenvalue weighted by Gasteiger charge is -2.31. The Morgan fingerprint density at radius 2 is 1.15 bits per heavy atom. The van der Waals surface area contributed by atoms with Crippen molar-refractivity contribution in [3.8, 4) is 0 Å². The number of unbranched alkanes of at least 4 members (excludes halogenated alkanes) is 11. The minimum atomic E-state index is -0.890. The van der Waals surface area contributed by atoms with Crippen LogP contribution in [0, 0.1) is 0 Å². The fourth-order valence-electron chi connectivity index (χ4n) is 5.47. The third-order valence-corrected chi connectivity index (χ3v) is 8.65. The van der Waals surface area contributed by atoms with Gasteiger partial charge in [0.05, 0.1) is 34.4 Å². The molecule has 2 unspecified atom stereocenters. The van der Waals surface area contributed by atoms with Crippen LogP contribution < -0.4 is 0 Å². The fourth-order valence-corrected chi connectivity index (χ4v) is 5.47. The van der Waals surface area contributed by atoms with Gasteiger partial charge in [0.25, 0.3) is 0 Å². The lowest BCUT2D eigenvalue weighted by molar-refractivity contribution is -0.887. The summed E-state index contributed by atoms with van der Waals surface area (Å²) in [4.78, 5) is 36.8. The number of allylic oxidation sites excluding steroid dienone is 12. The Morgan fingerprint density at radius 3 is 1.75 bits per heavy atom. The highest BCUT2D eigenvalue weighted by molar-refractivity contribution is 5.72. The predicted molar refractivity (Wildman–Crippen MR) is 220 cm³/mol. The molecule has 8 nitrogen and oxygen atoms in total. The van der Waals surface area contributed by atoms with E-state index in [0.717, 1.165) is 70.6 Å². The molecule has 2 atom stereocenters. The average molecular weight is 743 g/mol. The van der Waals surface area contributed by atoms with Gasteiger partial charge in [-0.05, 0) is 64.2 Å². The third kappa shape index (κ3) is 34.3. The predicted octanol–water partition coefficient (Wildman–Crippen LogP) is 10.8. The Balaban J connectivity index is 4.46. The van der Waals surface area contributed by atoms with E-state index in [1.165, 1.54) is 32.1 Å². The molecule has 0 amide bonds. The van der Waals surface area contributed by atoms with E-state index in [1.54, 1.807) is 0 Å². The average Bonchev–Trinajstić information content (AvgIpc) is 3.11. The van der Waals surface area contributed by atoms with Crippen LogP contribution >= 0.6 is 0 Å². The van der Waals surface area contributed by atoms with Gasteiger partial charge in [-0.1, -0.05) is 132 Å². The number of hydrogen-bond acceptors (Lipinski definition) is 6. The highest BCUT2D eigenvalue weighted by Crippen LogP contribution is 2.12. The normalized spacial score (nSPS) is 13.8. The molecule has 8 heteroatoms. The maximum atomic E-state index is 12.6. The van der Waals surface area contributed by atoms with Gasteiger partial charge in [-0.3, -0.25) is 9.59 Å². The zero-order chi connectivity index (χ0) is 39.3. The van der Waals surface area contributed by atoms with Crippen molar-refractivity contribution < 1.29 is 38.2 Å². The first-order valence-electron chi connectivity index (χ1n) is 20.5. The van der Waals surface area contributed by atoms with E-state index in [9.17, 15) is 19.5 Å². The molecule has 0 heterocycles. The lowest BCUT2D eigenvalue weighted by Crippen LogP contribution is -2.50. The Bertz CT molecular complexity index is 1100. The summed E-state index contributed by atoms with van der Waals surface area (Å²) in [5.41, 5.74) is 0. The Labute approximate surface area is 323 Å². The molecule has 0 aliphatic heterocycles. The number of likely N-dealkylation sites (N-methyl/N-ethyl adjacent to an activating group) is 1. The van der Waals surface area contributed by atoms with Crippen molar-refractivity contribution in [2.24, 2.45) is 0 Å². The first-order chi connectivity index (χ1) is 25.6.